The Bertz CT molecular complexity index is 484. The molecule has 0 aromatic heterocycles. The second kappa shape index (κ2) is 5.61. The van der Waals surface area contributed by atoms with Crippen LogP contribution in [0, 0.1) is 0 Å². The lowest BCUT2D eigenvalue weighted by Crippen LogP contribution is -2.44. The summed E-state index contributed by atoms with van der Waals surface area (Å²) in [6, 6.07) is 7.53. The summed E-state index contributed by atoms with van der Waals surface area (Å²) >= 11 is 0. The van der Waals surface area contributed by atoms with Gasteiger partial charge in [-0.1, -0.05) is 39.0 Å². The Hall–Kier alpha value is -1.55. The van der Waals surface area contributed by atoms with Crippen molar-refractivity contribution in [1.29, 1.82) is 0 Å². The molecular formula is C15H22O3Si. The predicted molar refractivity (Wildman–Crippen MR) is 80.9 cm³/mol. The Labute approximate surface area is 116 Å². The maximum Gasteiger partial charge on any atom is 0.328 e. The fourth-order valence-corrected chi connectivity index (χ4v) is 2.34. The number of para-hydroxylation sites is 1. The van der Waals surface area contributed by atoms with E-state index in [2.05, 4.69) is 33.9 Å². The van der Waals surface area contributed by atoms with Gasteiger partial charge in [0.25, 0.3) is 8.32 Å². The largest absolute Gasteiger partial charge is 0.543 e. The molecule has 19 heavy (non-hydrogen) atoms. The fraction of sp³-hybridized carbons (Fsp3) is 0.400. The number of carboxylic acid groups (broad SMARTS) is 1. The van der Waals surface area contributed by atoms with Crippen molar-refractivity contribution < 1.29 is 14.3 Å². The first-order chi connectivity index (χ1) is 8.63. The lowest BCUT2D eigenvalue weighted by Gasteiger charge is -2.36. The summed E-state index contributed by atoms with van der Waals surface area (Å²) in [6.45, 7) is 10.9. The van der Waals surface area contributed by atoms with E-state index in [0.29, 0.717) is 0 Å². The third-order valence-electron chi connectivity index (χ3n) is 3.50. The van der Waals surface area contributed by atoms with Crippen LogP contribution in [-0.4, -0.2) is 19.4 Å². The highest BCUT2D eigenvalue weighted by Crippen LogP contribution is 2.38. The molecule has 0 atom stereocenters. The van der Waals surface area contributed by atoms with Gasteiger partial charge in [-0.15, -0.1) is 0 Å². The molecule has 0 aliphatic rings. The SMILES string of the molecule is CC(C)(C)[Si](C)(C)Oc1ccccc1C=CC(=O)O. The number of hydrogen-bond donors (Lipinski definition) is 1. The quantitative estimate of drug-likeness (QED) is 0.664. The normalized spacial score (nSPS) is 12.7. The van der Waals surface area contributed by atoms with E-state index in [9.17, 15) is 4.79 Å². The smallest absolute Gasteiger partial charge is 0.328 e. The molecule has 4 heteroatoms. The van der Waals surface area contributed by atoms with Gasteiger partial charge in [0, 0.05) is 11.6 Å². The molecule has 0 unspecified atom stereocenters. The average Bonchev–Trinajstić information content (AvgIpc) is 2.25. The summed E-state index contributed by atoms with van der Waals surface area (Å²) < 4.78 is 6.22. The molecule has 0 radical (unpaired) electrons. The minimum absolute atomic E-state index is 0.108. The number of carbonyl (C=O) groups is 1. The number of benzene rings is 1. The summed E-state index contributed by atoms with van der Waals surface area (Å²) in [4.78, 5) is 10.6. The Morgan fingerprint density at radius 2 is 1.84 bits per heavy atom. The predicted octanol–water partition coefficient (Wildman–Crippen LogP) is 4.17. The zero-order valence-corrected chi connectivity index (χ0v) is 13.2. The first-order valence-corrected chi connectivity index (χ1v) is 9.23. The molecule has 0 amide bonds. The van der Waals surface area contributed by atoms with E-state index < -0.39 is 14.3 Å². The highest BCUT2D eigenvalue weighted by molar-refractivity contribution is 6.74. The van der Waals surface area contributed by atoms with Crippen molar-refractivity contribution in [2.45, 2.75) is 38.9 Å². The van der Waals surface area contributed by atoms with Crippen molar-refractivity contribution in [2.24, 2.45) is 0 Å². The molecule has 3 nitrogen and oxygen atoms in total. The molecule has 1 aromatic carbocycles. The molecule has 1 N–H and O–H groups in total. The van der Waals surface area contributed by atoms with Gasteiger partial charge in [0.2, 0.25) is 0 Å². The van der Waals surface area contributed by atoms with Gasteiger partial charge < -0.3 is 9.53 Å². The molecule has 104 valence electrons. The van der Waals surface area contributed by atoms with E-state index >= 15 is 0 Å². The molecule has 0 aliphatic carbocycles. The summed E-state index contributed by atoms with van der Waals surface area (Å²) in [5.41, 5.74) is 0.801. The van der Waals surface area contributed by atoms with Crippen molar-refractivity contribution in [2.75, 3.05) is 0 Å². The van der Waals surface area contributed by atoms with Crippen molar-refractivity contribution >= 4 is 20.4 Å². The van der Waals surface area contributed by atoms with E-state index in [1.54, 1.807) is 6.08 Å². The van der Waals surface area contributed by atoms with Crippen LogP contribution in [0.25, 0.3) is 6.08 Å². The fourth-order valence-electron chi connectivity index (χ4n) is 1.30. The minimum Gasteiger partial charge on any atom is -0.543 e. The highest BCUT2D eigenvalue weighted by Gasteiger charge is 2.39. The second-order valence-corrected chi connectivity index (χ2v) is 10.8. The first kappa shape index (κ1) is 15.5. The topological polar surface area (TPSA) is 46.5 Å². The summed E-state index contributed by atoms with van der Waals surface area (Å²) in [5.74, 6) is -0.200. The minimum atomic E-state index is -1.91. The third kappa shape index (κ3) is 4.24. The zero-order chi connectivity index (χ0) is 14.7. The van der Waals surface area contributed by atoms with Crippen LogP contribution in [0.2, 0.25) is 18.1 Å². The molecular weight excluding hydrogens is 256 g/mol. The molecule has 0 spiro atoms. The van der Waals surface area contributed by atoms with Crippen LogP contribution in [0.15, 0.2) is 30.3 Å². The Kier molecular flexibility index (Phi) is 4.58. The van der Waals surface area contributed by atoms with Gasteiger partial charge in [0.05, 0.1) is 0 Å². The lowest BCUT2D eigenvalue weighted by atomic mass is 10.2. The van der Waals surface area contributed by atoms with Gasteiger partial charge in [-0.25, -0.2) is 4.79 Å². The van der Waals surface area contributed by atoms with Crippen molar-refractivity contribution in [3.8, 4) is 5.75 Å². The van der Waals surface area contributed by atoms with E-state index in [1.165, 1.54) is 0 Å². The Balaban J connectivity index is 3.05. The monoisotopic (exact) mass is 278 g/mol. The zero-order valence-electron chi connectivity index (χ0n) is 12.2. The number of hydrogen-bond acceptors (Lipinski definition) is 2. The molecule has 0 saturated carbocycles. The maximum absolute atomic E-state index is 10.6. The Morgan fingerprint density at radius 3 is 2.37 bits per heavy atom. The molecule has 0 heterocycles. The summed E-state index contributed by atoms with van der Waals surface area (Å²) in [6.07, 6.45) is 2.71. The van der Waals surface area contributed by atoms with Crippen LogP contribution in [-0.2, 0) is 4.79 Å². The second-order valence-electron chi connectivity index (χ2n) is 6.07. The number of aliphatic carboxylic acids is 1. The van der Waals surface area contributed by atoms with Gasteiger partial charge in [-0.3, -0.25) is 0 Å². The van der Waals surface area contributed by atoms with Crippen molar-refractivity contribution in [3.63, 3.8) is 0 Å². The van der Waals surface area contributed by atoms with E-state index in [0.717, 1.165) is 17.4 Å². The van der Waals surface area contributed by atoms with Crippen LogP contribution in [0.3, 0.4) is 0 Å². The van der Waals surface area contributed by atoms with Gasteiger partial charge in [-0.2, -0.15) is 0 Å². The van der Waals surface area contributed by atoms with Crippen LogP contribution < -0.4 is 4.43 Å². The maximum atomic E-state index is 10.6. The van der Waals surface area contributed by atoms with Crippen molar-refractivity contribution in [1.82, 2.24) is 0 Å². The van der Waals surface area contributed by atoms with E-state index in [1.807, 2.05) is 24.3 Å². The van der Waals surface area contributed by atoms with Gasteiger partial charge >= 0.3 is 5.97 Å². The molecule has 0 saturated heterocycles. The molecule has 1 rings (SSSR count). The average molecular weight is 278 g/mol. The standard InChI is InChI=1S/C15H22O3Si/c1-15(2,3)19(4,5)18-13-9-7-6-8-12(13)10-11-14(16)17/h6-11H,1-5H3,(H,16,17). The number of carboxylic acids is 1. The summed E-state index contributed by atoms with van der Waals surface area (Å²) in [5, 5.41) is 8.82. The molecule has 1 aromatic rings. The van der Waals surface area contributed by atoms with Gasteiger partial charge in [0.1, 0.15) is 5.75 Å². The van der Waals surface area contributed by atoms with Crippen LogP contribution >= 0.6 is 0 Å². The van der Waals surface area contributed by atoms with Crippen LogP contribution in [0.5, 0.6) is 5.75 Å². The third-order valence-corrected chi connectivity index (χ3v) is 7.84. The molecule has 0 fully saturated rings. The van der Waals surface area contributed by atoms with Crippen molar-refractivity contribution in [3.05, 3.63) is 35.9 Å². The molecule has 0 bridgehead atoms. The Morgan fingerprint density at radius 1 is 1.26 bits per heavy atom. The summed E-state index contributed by atoms with van der Waals surface area (Å²) in [7, 11) is -1.91. The van der Waals surface area contributed by atoms with Crippen LogP contribution in [0.4, 0.5) is 0 Å². The van der Waals surface area contributed by atoms with Gasteiger partial charge in [-0.05, 0) is 30.3 Å². The number of rotatable bonds is 4. The highest BCUT2D eigenvalue weighted by atomic mass is 28.4. The van der Waals surface area contributed by atoms with Gasteiger partial charge in [0.15, 0.2) is 0 Å². The van der Waals surface area contributed by atoms with E-state index in [-0.39, 0.29) is 5.04 Å². The molecule has 0 aliphatic heterocycles. The lowest BCUT2D eigenvalue weighted by molar-refractivity contribution is -0.131. The van der Waals surface area contributed by atoms with E-state index in [4.69, 9.17) is 9.53 Å². The first-order valence-electron chi connectivity index (χ1n) is 6.32. The van der Waals surface area contributed by atoms with Crippen LogP contribution in [0.1, 0.15) is 26.3 Å².